The number of halogens is 2. The van der Waals surface area contributed by atoms with Gasteiger partial charge in [-0.05, 0) is 29.7 Å². The van der Waals surface area contributed by atoms with E-state index >= 15 is 0 Å². The second-order valence-electron chi connectivity index (χ2n) is 5.20. The standard InChI is InChI=1S/C18H10Cl2N2OS/c19-13-7-2-4-10-11(13)5-1-6-12(10)17(23)22-18-21-16-14(20)8-3-9-15(16)24-18/h1-9H,(H,21,22,23). The normalized spacial score (nSPS) is 11.1. The molecule has 0 bridgehead atoms. The second kappa shape index (κ2) is 6.06. The first-order chi connectivity index (χ1) is 11.6. The average molecular weight is 373 g/mol. The number of nitrogens with one attached hydrogen (secondary N) is 1. The molecule has 0 aliphatic heterocycles. The predicted octanol–water partition coefficient (Wildman–Crippen LogP) is 6.01. The quantitative estimate of drug-likeness (QED) is 0.468. The predicted molar refractivity (Wildman–Crippen MR) is 102 cm³/mol. The Balaban J connectivity index is 1.74. The molecule has 0 radical (unpaired) electrons. The third-order valence-corrected chi connectivity index (χ3v) is 5.27. The minimum Gasteiger partial charge on any atom is -0.298 e. The Morgan fingerprint density at radius 1 is 0.917 bits per heavy atom. The number of anilines is 1. The number of amides is 1. The Hall–Kier alpha value is -2.14. The van der Waals surface area contributed by atoms with E-state index in [-0.39, 0.29) is 5.91 Å². The summed E-state index contributed by atoms with van der Waals surface area (Å²) in [5.74, 6) is -0.224. The van der Waals surface area contributed by atoms with E-state index < -0.39 is 0 Å². The molecule has 0 atom stereocenters. The van der Waals surface area contributed by atoms with Crippen LogP contribution in [0.2, 0.25) is 10.0 Å². The van der Waals surface area contributed by atoms with Crippen LogP contribution in [0.15, 0.2) is 54.6 Å². The van der Waals surface area contributed by atoms with Gasteiger partial charge in [-0.25, -0.2) is 4.98 Å². The lowest BCUT2D eigenvalue weighted by molar-refractivity contribution is 0.102. The van der Waals surface area contributed by atoms with Gasteiger partial charge in [0.1, 0.15) is 5.52 Å². The van der Waals surface area contributed by atoms with E-state index in [2.05, 4.69) is 10.3 Å². The molecule has 0 aliphatic carbocycles. The molecular formula is C18H10Cl2N2OS. The van der Waals surface area contributed by atoms with Crippen LogP contribution in [0.1, 0.15) is 10.4 Å². The van der Waals surface area contributed by atoms with Crippen LogP contribution in [-0.4, -0.2) is 10.9 Å². The van der Waals surface area contributed by atoms with E-state index in [1.165, 1.54) is 11.3 Å². The summed E-state index contributed by atoms with van der Waals surface area (Å²) in [4.78, 5) is 17.1. The zero-order valence-electron chi connectivity index (χ0n) is 12.2. The summed E-state index contributed by atoms with van der Waals surface area (Å²) in [6.07, 6.45) is 0. The number of nitrogens with zero attached hydrogens (tertiary/aromatic N) is 1. The minimum absolute atomic E-state index is 0.224. The smallest absolute Gasteiger partial charge is 0.258 e. The highest BCUT2D eigenvalue weighted by molar-refractivity contribution is 7.22. The van der Waals surface area contributed by atoms with Gasteiger partial charge in [0.05, 0.1) is 9.72 Å². The second-order valence-corrected chi connectivity index (χ2v) is 7.05. The molecule has 3 nitrogen and oxygen atoms in total. The van der Waals surface area contributed by atoms with E-state index in [0.717, 1.165) is 15.5 Å². The SMILES string of the molecule is O=C(Nc1nc2c(Cl)cccc2s1)c1cccc2c(Cl)cccc12. The van der Waals surface area contributed by atoms with E-state index in [4.69, 9.17) is 23.2 Å². The first-order valence-electron chi connectivity index (χ1n) is 7.17. The van der Waals surface area contributed by atoms with Crippen molar-refractivity contribution in [1.82, 2.24) is 4.98 Å². The van der Waals surface area contributed by atoms with Crippen molar-refractivity contribution in [1.29, 1.82) is 0 Å². The van der Waals surface area contributed by atoms with Crippen molar-refractivity contribution in [2.24, 2.45) is 0 Å². The number of thiazole rings is 1. The molecule has 1 heterocycles. The van der Waals surface area contributed by atoms with Crippen molar-refractivity contribution in [3.05, 3.63) is 70.2 Å². The fourth-order valence-electron chi connectivity index (χ4n) is 2.60. The minimum atomic E-state index is -0.224. The molecule has 1 aromatic heterocycles. The summed E-state index contributed by atoms with van der Waals surface area (Å²) < 4.78 is 0.929. The molecule has 0 spiro atoms. The van der Waals surface area contributed by atoms with Gasteiger partial charge in [-0.2, -0.15) is 0 Å². The van der Waals surface area contributed by atoms with Crippen molar-refractivity contribution < 1.29 is 4.79 Å². The maximum absolute atomic E-state index is 12.7. The molecule has 1 N–H and O–H groups in total. The Kier molecular flexibility index (Phi) is 3.88. The number of hydrogen-bond donors (Lipinski definition) is 1. The number of rotatable bonds is 2. The maximum atomic E-state index is 12.7. The van der Waals surface area contributed by atoms with Crippen LogP contribution in [0.5, 0.6) is 0 Å². The monoisotopic (exact) mass is 372 g/mol. The third kappa shape index (κ3) is 2.63. The summed E-state index contributed by atoms with van der Waals surface area (Å²) in [5.41, 5.74) is 1.25. The van der Waals surface area contributed by atoms with E-state index in [1.807, 2.05) is 36.4 Å². The number of benzene rings is 3. The molecule has 0 unspecified atom stereocenters. The van der Waals surface area contributed by atoms with Crippen molar-refractivity contribution in [2.45, 2.75) is 0 Å². The molecule has 1 amide bonds. The fourth-order valence-corrected chi connectivity index (χ4v) is 4.00. The largest absolute Gasteiger partial charge is 0.298 e. The summed E-state index contributed by atoms with van der Waals surface area (Å²) in [6, 6.07) is 16.6. The van der Waals surface area contributed by atoms with E-state index in [9.17, 15) is 4.79 Å². The number of aromatic nitrogens is 1. The highest BCUT2D eigenvalue weighted by atomic mass is 35.5. The average Bonchev–Trinajstić information content (AvgIpc) is 2.99. The Bertz CT molecular complexity index is 1090. The van der Waals surface area contributed by atoms with Gasteiger partial charge < -0.3 is 0 Å². The highest BCUT2D eigenvalue weighted by Crippen LogP contribution is 2.31. The zero-order valence-corrected chi connectivity index (χ0v) is 14.5. The summed E-state index contributed by atoms with van der Waals surface area (Å²) in [6.45, 7) is 0. The molecule has 0 saturated carbocycles. The van der Waals surface area contributed by atoms with Crippen LogP contribution in [0.3, 0.4) is 0 Å². The molecule has 3 aromatic carbocycles. The van der Waals surface area contributed by atoms with Crippen LogP contribution in [0.25, 0.3) is 21.0 Å². The number of para-hydroxylation sites is 1. The Morgan fingerprint density at radius 3 is 2.46 bits per heavy atom. The lowest BCUT2D eigenvalue weighted by atomic mass is 10.0. The maximum Gasteiger partial charge on any atom is 0.258 e. The van der Waals surface area contributed by atoms with Crippen LogP contribution in [0, 0.1) is 0 Å². The topological polar surface area (TPSA) is 42.0 Å². The molecule has 0 saturated heterocycles. The highest BCUT2D eigenvalue weighted by Gasteiger charge is 2.14. The van der Waals surface area contributed by atoms with Crippen molar-refractivity contribution in [3.63, 3.8) is 0 Å². The van der Waals surface area contributed by atoms with Crippen molar-refractivity contribution in [3.8, 4) is 0 Å². The molecule has 0 aliphatic rings. The molecular weight excluding hydrogens is 363 g/mol. The lowest BCUT2D eigenvalue weighted by Gasteiger charge is -2.07. The van der Waals surface area contributed by atoms with Gasteiger partial charge in [-0.15, -0.1) is 0 Å². The number of carbonyl (C=O) groups is 1. The summed E-state index contributed by atoms with van der Waals surface area (Å²) in [7, 11) is 0. The van der Waals surface area contributed by atoms with Gasteiger partial charge in [0, 0.05) is 16.0 Å². The Labute approximate surface area is 151 Å². The van der Waals surface area contributed by atoms with Gasteiger partial charge >= 0.3 is 0 Å². The molecule has 118 valence electrons. The van der Waals surface area contributed by atoms with Gasteiger partial charge in [-0.3, -0.25) is 10.1 Å². The Morgan fingerprint density at radius 2 is 1.62 bits per heavy atom. The van der Waals surface area contributed by atoms with Crippen LogP contribution >= 0.6 is 34.5 Å². The third-order valence-electron chi connectivity index (χ3n) is 3.70. The number of carbonyl (C=O) groups excluding carboxylic acids is 1. The summed E-state index contributed by atoms with van der Waals surface area (Å²) in [5, 5.41) is 6.21. The first-order valence-corrected chi connectivity index (χ1v) is 8.74. The van der Waals surface area contributed by atoms with Crippen LogP contribution in [-0.2, 0) is 0 Å². The van der Waals surface area contributed by atoms with E-state index in [1.54, 1.807) is 18.2 Å². The van der Waals surface area contributed by atoms with E-state index in [0.29, 0.717) is 26.3 Å². The van der Waals surface area contributed by atoms with Crippen molar-refractivity contribution >= 4 is 66.6 Å². The van der Waals surface area contributed by atoms with Crippen molar-refractivity contribution in [2.75, 3.05) is 5.32 Å². The van der Waals surface area contributed by atoms with Gasteiger partial charge in [-0.1, -0.05) is 64.9 Å². The molecule has 0 fully saturated rings. The summed E-state index contributed by atoms with van der Waals surface area (Å²) >= 11 is 13.7. The van der Waals surface area contributed by atoms with Crippen LogP contribution < -0.4 is 5.32 Å². The van der Waals surface area contributed by atoms with Gasteiger partial charge in [0.2, 0.25) is 0 Å². The molecule has 24 heavy (non-hydrogen) atoms. The van der Waals surface area contributed by atoms with Gasteiger partial charge in [0.15, 0.2) is 5.13 Å². The molecule has 6 heteroatoms. The number of hydrogen-bond acceptors (Lipinski definition) is 3. The van der Waals surface area contributed by atoms with Crippen LogP contribution in [0.4, 0.5) is 5.13 Å². The fraction of sp³-hybridized carbons (Fsp3) is 0. The van der Waals surface area contributed by atoms with Gasteiger partial charge in [0.25, 0.3) is 5.91 Å². The molecule has 4 rings (SSSR count). The number of fused-ring (bicyclic) bond motifs is 2. The lowest BCUT2D eigenvalue weighted by Crippen LogP contribution is -2.12. The molecule has 4 aromatic rings. The first kappa shape index (κ1) is 15.4. The zero-order chi connectivity index (χ0) is 16.7.